The van der Waals surface area contributed by atoms with Gasteiger partial charge in [-0.2, -0.15) is 0 Å². The Hall–Kier alpha value is -1.97. The van der Waals surface area contributed by atoms with E-state index in [-0.39, 0.29) is 6.42 Å². The SMILES string of the molecule is NC(=O)CC1=COC=C(C2=CC=CCC2)O1. The van der Waals surface area contributed by atoms with Crippen LogP contribution in [0.5, 0.6) is 0 Å². The molecule has 2 rings (SSSR count). The van der Waals surface area contributed by atoms with Gasteiger partial charge in [-0.25, -0.2) is 0 Å². The van der Waals surface area contributed by atoms with E-state index in [1.807, 2.05) is 12.2 Å². The molecule has 0 aromatic heterocycles. The standard InChI is InChI=1S/C12H13NO3/c13-12(14)6-10-7-15-8-11(16-10)9-4-2-1-3-5-9/h1-2,4,7-8H,3,5-6H2,(H2,13,14). The second-order valence-electron chi connectivity index (χ2n) is 3.61. The summed E-state index contributed by atoms with van der Waals surface area (Å²) in [5.74, 6) is 0.664. The number of amides is 1. The molecule has 4 nitrogen and oxygen atoms in total. The number of allylic oxidation sites excluding steroid dienone is 4. The van der Waals surface area contributed by atoms with Gasteiger partial charge in [0.2, 0.25) is 5.91 Å². The van der Waals surface area contributed by atoms with Crippen LogP contribution in [0.2, 0.25) is 0 Å². The van der Waals surface area contributed by atoms with Gasteiger partial charge in [-0.15, -0.1) is 0 Å². The zero-order valence-electron chi connectivity index (χ0n) is 8.81. The number of carbonyl (C=O) groups is 1. The van der Waals surface area contributed by atoms with Gasteiger partial charge in [0.15, 0.2) is 5.76 Å². The number of rotatable bonds is 3. The number of hydrogen-bond acceptors (Lipinski definition) is 3. The van der Waals surface area contributed by atoms with Crippen molar-refractivity contribution in [3.8, 4) is 0 Å². The Bertz CT molecular complexity index is 416. The van der Waals surface area contributed by atoms with Crippen LogP contribution in [0.4, 0.5) is 0 Å². The average Bonchev–Trinajstić information content (AvgIpc) is 2.30. The van der Waals surface area contributed by atoms with Crippen LogP contribution in [0, 0.1) is 0 Å². The lowest BCUT2D eigenvalue weighted by atomic mass is 10.0. The number of primary amides is 1. The summed E-state index contributed by atoms with van der Waals surface area (Å²) in [6.45, 7) is 0. The van der Waals surface area contributed by atoms with Crippen LogP contribution in [-0.4, -0.2) is 5.91 Å². The van der Waals surface area contributed by atoms with Gasteiger partial charge in [0.25, 0.3) is 0 Å². The van der Waals surface area contributed by atoms with Crippen LogP contribution in [0.3, 0.4) is 0 Å². The Labute approximate surface area is 93.7 Å². The third-order valence-electron chi connectivity index (χ3n) is 2.29. The zero-order valence-corrected chi connectivity index (χ0v) is 8.81. The molecule has 0 saturated carbocycles. The fourth-order valence-electron chi connectivity index (χ4n) is 1.56. The van der Waals surface area contributed by atoms with Crippen LogP contribution in [0.15, 0.2) is 47.8 Å². The predicted octanol–water partition coefficient (Wildman–Crippen LogP) is 1.87. The van der Waals surface area contributed by atoms with E-state index in [2.05, 4.69) is 6.08 Å². The molecule has 16 heavy (non-hydrogen) atoms. The van der Waals surface area contributed by atoms with E-state index >= 15 is 0 Å². The van der Waals surface area contributed by atoms with Gasteiger partial charge < -0.3 is 15.2 Å². The minimum Gasteiger partial charge on any atom is -0.465 e. The maximum atomic E-state index is 10.8. The van der Waals surface area contributed by atoms with E-state index in [0.29, 0.717) is 11.5 Å². The molecule has 0 aromatic carbocycles. The molecule has 84 valence electrons. The first kappa shape index (κ1) is 10.5. The lowest BCUT2D eigenvalue weighted by Gasteiger charge is -2.18. The molecule has 4 heteroatoms. The summed E-state index contributed by atoms with van der Waals surface area (Å²) >= 11 is 0. The Morgan fingerprint density at radius 1 is 1.44 bits per heavy atom. The molecule has 2 aliphatic rings. The fraction of sp³-hybridized carbons (Fsp3) is 0.250. The first-order chi connectivity index (χ1) is 7.75. The van der Waals surface area contributed by atoms with Crippen LogP contribution in [-0.2, 0) is 14.3 Å². The largest absolute Gasteiger partial charge is 0.465 e. The number of ether oxygens (including phenoxy) is 2. The number of nitrogens with two attached hydrogens (primary N) is 1. The molecular formula is C12H13NO3. The van der Waals surface area contributed by atoms with Crippen LogP contribution < -0.4 is 5.73 Å². The first-order valence-electron chi connectivity index (χ1n) is 5.12. The van der Waals surface area contributed by atoms with Gasteiger partial charge in [-0.3, -0.25) is 4.79 Å². The molecular weight excluding hydrogens is 206 g/mol. The van der Waals surface area contributed by atoms with Crippen molar-refractivity contribution >= 4 is 5.91 Å². The smallest absolute Gasteiger partial charge is 0.225 e. The lowest BCUT2D eigenvalue weighted by Crippen LogP contribution is -2.14. The van der Waals surface area contributed by atoms with Crippen molar-refractivity contribution in [1.82, 2.24) is 0 Å². The van der Waals surface area contributed by atoms with Crippen LogP contribution in [0.25, 0.3) is 0 Å². The van der Waals surface area contributed by atoms with Gasteiger partial charge in [-0.05, 0) is 18.4 Å². The second-order valence-corrected chi connectivity index (χ2v) is 3.61. The minimum absolute atomic E-state index is 0.0560. The van der Waals surface area contributed by atoms with Gasteiger partial charge in [0, 0.05) is 0 Å². The molecule has 1 aliphatic heterocycles. The van der Waals surface area contributed by atoms with E-state index < -0.39 is 5.91 Å². The highest BCUT2D eigenvalue weighted by Crippen LogP contribution is 2.26. The van der Waals surface area contributed by atoms with Crippen molar-refractivity contribution in [2.75, 3.05) is 0 Å². The van der Waals surface area contributed by atoms with Crippen LogP contribution >= 0.6 is 0 Å². The number of hydrogen-bond donors (Lipinski definition) is 1. The highest BCUT2D eigenvalue weighted by Gasteiger charge is 2.16. The molecule has 0 radical (unpaired) electrons. The van der Waals surface area contributed by atoms with Crippen molar-refractivity contribution < 1.29 is 14.3 Å². The maximum absolute atomic E-state index is 10.8. The third kappa shape index (κ3) is 2.53. The average molecular weight is 219 g/mol. The van der Waals surface area contributed by atoms with Crippen molar-refractivity contribution in [3.63, 3.8) is 0 Å². The molecule has 2 N–H and O–H groups in total. The zero-order chi connectivity index (χ0) is 11.4. The molecule has 0 atom stereocenters. The van der Waals surface area contributed by atoms with Crippen molar-refractivity contribution in [3.05, 3.63) is 47.8 Å². The monoisotopic (exact) mass is 219 g/mol. The number of carbonyl (C=O) groups excluding carboxylic acids is 1. The van der Waals surface area contributed by atoms with Gasteiger partial charge in [-0.1, -0.05) is 18.2 Å². The molecule has 1 aliphatic carbocycles. The molecule has 1 amide bonds. The Morgan fingerprint density at radius 2 is 2.31 bits per heavy atom. The van der Waals surface area contributed by atoms with Crippen molar-refractivity contribution in [1.29, 1.82) is 0 Å². The van der Waals surface area contributed by atoms with Gasteiger partial charge >= 0.3 is 0 Å². The highest BCUT2D eigenvalue weighted by atomic mass is 16.5. The molecule has 0 bridgehead atoms. The lowest BCUT2D eigenvalue weighted by molar-refractivity contribution is -0.117. The molecule has 0 aromatic rings. The van der Waals surface area contributed by atoms with E-state index in [1.54, 1.807) is 0 Å². The van der Waals surface area contributed by atoms with E-state index in [1.165, 1.54) is 12.5 Å². The summed E-state index contributed by atoms with van der Waals surface area (Å²) < 4.78 is 10.7. The molecule has 0 saturated heterocycles. The molecule has 0 spiro atoms. The third-order valence-corrected chi connectivity index (χ3v) is 2.29. The highest BCUT2D eigenvalue weighted by molar-refractivity contribution is 5.76. The van der Waals surface area contributed by atoms with Crippen molar-refractivity contribution in [2.24, 2.45) is 5.73 Å². The molecule has 0 fully saturated rings. The van der Waals surface area contributed by atoms with Crippen LogP contribution in [0.1, 0.15) is 19.3 Å². The normalized spacial score (nSPS) is 18.9. The summed E-state index contributed by atoms with van der Waals surface area (Å²) in [7, 11) is 0. The summed E-state index contributed by atoms with van der Waals surface area (Å²) in [4.78, 5) is 10.8. The molecule has 1 heterocycles. The van der Waals surface area contributed by atoms with Gasteiger partial charge in [0.05, 0.1) is 6.42 Å². The fourth-order valence-corrected chi connectivity index (χ4v) is 1.56. The Morgan fingerprint density at radius 3 is 3.00 bits per heavy atom. The Balaban J connectivity index is 2.03. The first-order valence-corrected chi connectivity index (χ1v) is 5.12. The topological polar surface area (TPSA) is 61.6 Å². The summed E-state index contributed by atoms with van der Waals surface area (Å²) in [6, 6.07) is 0. The summed E-state index contributed by atoms with van der Waals surface area (Å²) in [5, 5.41) is 0. The second kappa shape index (κ2) is 4.70. The van der Waals surface area contributed by atoms with E-state index in [0.717, 1.165) is 18.4 Å². The predicted molar refractivity (Wildman–Crippen MR) is 58.6 cm³/mol. The molecule has 0 unspecified atom stereocenters. The Kier molecular flexibility index (Phi) is 3.10. The summed E-state index contributed by atoms with van der Waals surface area (Å²) in [5.41, 5.74) is 6.15. The van der Waals surface area contributed by atoms with Gasteiger partial charge in [0.1, 0.15) is 18.3 Å². The van der Waals surface area contributed by atoms with E-state index in [9.17, 15) is 4.79 Å². The maximum Gasteiger partial charge on any atom is 0.225 e. The van der Waals surface area contributed by atoms with Crippen molar-refractivity contribution in [2.45, 2.75) is 19.3 Å². The van der Waals surface area contributed by atoms with E-state index in [4.69, 9.17) is 15.2 Å². The quantitative estimate of drug-likeness (QED) is 0.788. The summed E-state index contributed by atoms with van der Waals surface area (Å²) in [6.07, 6.45) is 10.9. The minimum atomic E-state index is -0.436.